The molecule has 2 N–H and O–H groups in total. The van der Waals surface area contributed by atoms with E-state index >= 15 is 0 Å². The Kier molecular flexibility index (Phi) is 10.0. The normalized spacial score (nSPS) is 22.2. The molecule has 0 saturated carbocycles. The van der Waals surface area contributed by atoms with E-state index in [1.165, 1.54) is 71.6 Å². The largest absolute Gasteiger partial charge is 0.357 e. The van der Waals surface area contributed by atoms with Gasteiger partial charge in [0, 0.05) is 51.4 Å². The number of rotatable bonds is 9. The van der Waals surface area contributed by atoms with E-state index in [0.717, 1.165) is 25.6 Å². The molecule has 2 saturated heterocycles. The standard InChI is InChI=1S/C22H46N6/c1-6-23-21(25-19-22(4,5)28-11-9-8-10-12-28)24-17-20(3)18-27-15-13-26(7-2)14-16-27/h20H,6-19H2,1-5H3,(H2,23,24,25). The van der Waals surface area contributed by atoms with Crippen LogP contribution in [0.5, 0.6) is 0 Å². The second-order valence-corrected chi connectivity index (χ2v) is 9.28. The Morgan fingerprint density at radius 2 is 1.57 bits per heavy atom. The van der Waals surface area contributed by atoms with Gasteiger partial charge in [0.2, 0.25) is 0 Å². The van der Waals surface area contributed by atoms with Crippen molar-refractivity contribution in [1.82, 2.24) is 25.3 Å². The minimum atomic E-state index is 0.132. The highest BCUT2D eigenvalue weighted by atomic mass is 15.3. The maximum absolute atomic E-state index is 4.93. The van der Waals surface area contributed by atoms with Crippen LogP contribution in [0.25, 0.3) is 0 Å². The SMILES string of the molecule is CCNC(=NCC(C)(C)N1CCCCC1)NCC(C)CN1CCN(CC)CC1. The molecule has 0 aromatic rings. The summed E-state index contributed by atoms with van der Waals surface area (Å²) in [6.07, 6.45) is 4.04. The number of nitrogens with zero attached hydrogens (tertiary/aromatic N) is 4. The third kappa shape index (κ3) is 7.88. The van der Waals surface area contributed by atoms with E-state index in [9.17, 15) is 0 Å². The van der Waals surface area contributed by atoms with E-state index in [-0.39, 0.29) is 5.54 Å². The molecule has 2 rings (SSSR count). The summed E-state index contributed by atoms with van der Waals surface area (Å²) in [6.45, 7) is 23.8. The lowest BCUT2D eigenvalue weighted by atomic mass is 9.99. The molecule has 2 heterocycles. The van der Waals surface area contributed by atoms with Gasteiger partial charge >= 0.3 is 0 Å². The lowest BCUT2D eigenvalue weighted by molar-refractivity contribution is 0.102. The van der Waals surface area contributed by atoms with Crippen molar-refractivity contribution in [2.24, 2.45) is 10.9 Å². The molecular weight excluding hydrogens is 348 g/mol. The first-order valence-corrected chi connectivity index (χ1v) is 11.7. The van der Waals surface area contributed by atoms with Gasteiger partial charge in [0.25, 0.3) is 0 Å². The fraction of sp³-hybridized carbons (Fsp3) is 0.955. The Bertz CT molecular complexity index is 450. The van der Waals surface area contributed by atoms with Crippen LogP contribution < -0.4 is 10.6 Å². The number of hydrogen-bond acceptors (Lipinski definition) is 4. The van der Waals surface area contributed by atoms with Crippen molar-refractivity contribution >= 4 is 5.96 Å². The van der Waals surface area contributed by atoms with Crippen molar-refractivity contribution in [1.29, 1.82) is 0 Å². The first-order chi connectivity index (χ1) is 13.4. The van der Waals surface area contributed by atoms with Gasteiger partial charge in [-0.15, -0.1) is 0 Å². The molecule has 1 unspecified atom stereocenters. The molecule has 0 amide bonds. The van der Waals surface area contributed by atoms with E-state index in [1.54, 1.807) is 0 Å². The van der Waals surface area contributed by atoms with Gasteiger partial charge in [-0.05, 0) is 59.2 Å². The maximum Gasteiger partial charge on any atom is 0.191 e. The van der Waals surface area contributed by atoms with Crippen molar-refractivity contribution in [3.05, 3.63) is 0 Å². The molecule has 0 bridgehead atoms. The topological polar surface area (TPSA) is 46.1 Å². The smallest absolute Gasteiger partial charge is 0.191 e. The predicted octanol–water partition coefficient (Wildman–Crippen LogP) is 2.08. The average molecular weight is 395 g/mol. The maximum atomic E-state index is 4.93. The van der Waals surface area contributed by atoms with Gasteiger partial charge in [-0.1, -0.05) is 20.3 Å². The fourth-order valence-electron chi connectivity index (χ4n) is 4.28. The van der Waals surface area contributed by atoms with E-state index in [4.69, 9.17) is 4.99 Å². The van der Waals surface area contributed by atoms with Crippen LogP contribution in [0.15, 0.2) is 4.99 Å². The minimum absolute atomic E-state index is 0.132. The van der Waals surface area contributed by atoms with Gasteiger partial charge in [0.1, 0.15) is 0 Å². The van der Waals surface area contributed by atoms with Crippen LogP contribution in [0.2, 0.25) is 0 Å². The van der Waals surface area contributed by atoms with Crippen LogP contribution in [0, 0.1) is 5.92 Å². The molecule has 0 radical (unpaired) electrons. The zero-order valence-corrected chi connectivity index (χ0v) is 19.3. The zero-order chi connectivity index (χ0) is 20.4. The quantitative estimate of drug-likeness (QED) is 0.463. The number of piperidine rings is 1. The molecule has 0 spiro atoms. The molecule has 28 heavy (non-hydrogen) atoms. The van der Waals surface area contributed by atoms with Crippen LogP contribution in [0.1, 0.15) is 53.9 Å². The monoisotopic (exact) mass is 394 g/mol. The van der Waals surface area contributed by atoms with Gasteiger partial charge in [-0.3, -0.25) is 9.89 Å². The van der Waals surface area contributed by atoms with Crippen LogP contribution in [0.3, 0.4) is 0 Å². The molecule has 164 valence electrons. The molecule has 0 aromatic heterocycles. The summed E-state index contributed by atoms with van der Waals surface area (Å²) >= 11 is 0. The number of aliphatic imine (C=N–C) groups is 1. The number of likely N-dealkylation sites (tertiary alicyclic amines) is 1. The summed E-state index contributed by atoms with van der Waals surface area (Å²) in [5, 5.41) is 7.02. The second-order valence-electron chi connectivity index (χ2n) is 9.28. The van der Waals surface area contributed by atoms with E-state index in [0.29, 0.717) is 5.92 Å². The van der Waals surface area contributed by atoms with Gasteiger partial charge in [-0.2, -0.15) is 0 Å². The van der Waals surface area contributed by atoms with Gasteiger partial charge in [0.15, 0.2) is 5.96 Å². The Morgan fingerprint density at radius 3 is 2.18 bits per heavy atom. The summed E-state index contributed by atoms with van der Waals surface area (Å²) in [5.41, 5.74) is 0.132. The number of piperazine rings is 1. The molecule has 1 atom stereocenters. The summed E-state index contributed by atoms with van der Waals surface area (Å²) in [6, 6.07) is 0. The molecule has 0 aromatic carbocycles. The predicted molar refractivity (Wildman–Crippen MR) is 121 cm³/mol. The van der Waals surface area contributed by atoms with E-state index < -0.39 is 0 Å². The van der Waals surface area contributed by atoms with Crippen LogP contribution in [-0.4, -0.2) is 98.2 Å². The summed E-state index contributed by atoms with van der Waals surface area (Å²) in [4.78, 5) is 12.7. The minimum Gasteiger partial charge on any atom is -0.357 e. The average Bonchev–Trinajstić information content (AvgIpc) is 2.71. The van der Waals surface area contributed by atoms with Gasteiger partial charge < -0.3 is 20.4 Å². The Balaban J connectivity index is 1.77. The molecule has 6 heteroatoms. The second kappa shape index (κ2) is 12.0. The van der Waals surface area contributed by atoms with Crippen molar-refractivity contribution in [2.45, 2.75) is 59.4 Å². The first kappa shape index (κ1) is 23.4. The third-order valence-electron chi connectivity index (χ3n) is 6.28. The molecule has 2 aliphatic heterocycles. The number of likely N-dealkylation sites (N-methyl/N-ethyl adjacent to an activating group) is 1. The summed E-state index contributed by atoms with van der Waals surface area (Å²) in [7, 11) is 0. The third-order valence-corrected chi connectivity index (χ3v) is 6.28. The van der Waals surface area contributed by atoms with Crippen LogP contribution in [0.4, 0.5) is 0 Å². The van der Waals surface area contributed by atoms with Crippen LogP contribution >= 0.6 is 0 Å². The summed E-state index contributed by atoms with van der Waals surface area (Å²) in [5.74, 6) is 1.59. The first-order valence-electron chi connectivity index (χ1n) is 11.7. The highest BCUT2D eigenvalue weighted by molar-refractivity contribution is 5.79. The lowest BCUT2D eigenvalue weighted by Crippen LogP contribution is -2.50. The Hall–Kier alpha value is -0.850. The lowest BCUT2D eigenvalue weighted by Gasteiger charge is -2.40. The van der Waals surface area contributed by atoms with Gasteiger partial charge in [-0.25, -0.2) is 0 Å². The molecular formula is C22H46N6. The highest BCUT2D eigenvalue weighted by Crippen LogP contribution is 2.20. The highest BCUT2D eigenvalue weighted by Gasteiger charge is 2.27. The van der Waals surface area contributed by atoms with Crippen LogP contribution in [-0.2, 0) is 0 Å². The Labute approximate surface area is 174 Å². The molecule has 2 fully saturated rings. The number of nitrogens with one attached hydrogen (secondary N) is 2. The van der Waals surface area contributed by atoms with E-state index in [2.05, 4.69) is 60.0 Å². The van der Waals surface area contributed by atoms with Crippen molar-refractivity contribution in [3.63, 3.8) is 0 Å². The molecule has 6 nitrogen and oxygen atoms in total. The number of hydrogen-bond donors (Lipinski definition) is 2. The zero-order valence-electron chi connectivity index (χ0n) is 19.3. The van der Waals surface area contributed by atoms with Gasteiger partial charge in [0.05, 0.1) is 6.54 Å². The number of guanidine groups is 1. The Morgan fingerprint density at radius 1 is 0.929 bits per heavy atom. The van der Waals surface area contributed by atoms with Crippen molar-refractivity contribution < 1.29 is 0 Å². The fourth-order valence-corrected chi connectivity index (χ4v) is 4.28. The summed E-state index contributed by atoms with van der Waals surface area (Å²) < 4.78 is 0. The molecule has 0 aliphatic carbocycles. The van der Waals surface area contributed by atoms with Crippen molar-refractivity contribution in [2.75, 3.05) is 72.0 Å². The van der Waals surface area contributed by atoms with E-state index in [1.807, 2.05) is 0 Å². The molecule has 2 aliphatic rings. The van der Waals surface area contributed by atoms with Crippen molar-refractivity contribution in [3.8, 4) is 0 Å².